The molecule has 0 radical (unpaired) electrons. The zero-order chi connectivity index (χ0) is 9.80. The molecule has 14 heavy (non-hydrogen) atoms. The van der Waals surface area contributed by atoms with Crippen molar-refractivity contribution in [3.05, 3.63) is 0 Å². The van der Waals surface area contributed by atoms with Gasteiger partial charge in [0.15, 0.2) is 0 Å². The standard InChI is InChI=1S/C11H20N2O/c14-11-5-3-8-13(11)9-6-10-4-1-2-7-12-10/h10,12H,1-9H2/p+1/t10-/m1/s1. The van der Waals surface area contributed by atoms with Crippen LogP contribution in [0.25, 0.3) is 0 Å². The van der Waals surface area contributed by atoms with Gasteiger partial charge in [0.2, 0.25) is 5.91 Å². The second-order valence-corrected chi connectivity index (χ2v) is 4.55. The summed E-state index contributed by atoms with van der Waals surface area (Å²) in [6.07, 6.45) is 7.17. The van der Waals surface area contributed by atoms with Gasteiger partial charge in [0, 0.05) is 25.9 Å². The van der Waals surface area contributed by atoms with Crippen LogP contribution in [0, 0.1) is 0 Å². The first-order valence-corrected chi connectivity index (χ1v) is 5.97. The van der Waals surface area contributed by atoms with Gasteiger partial charge in [-0.1, -0.05) is 0 Å². The van der Waals surface area contributed by atoms with E-state index < -0.39 is 0 Å². The Labute approximate surface area is 85.8 Å². The van der Waals surface area contributed by atoms with Gasteiger partial charge < -0.3 is 10.2 Å². The van der Waals surface area contributed by atoms with Crippen LogP contribution in [-0.2, 0) is 4.79 Å². The van der Waals surface area contributed by atoms with Crippen molar-refractivity contribution in [1.82, 2.24) is 4.90 Å². The zero-order valence-electron chi connectivity index (χ0n) is 8.87. The smallest absolute Gasteiger partial charge is 0.222 e. The van der Waals surface area contributed by atoms with Crippen LogP contribution in [-0.4, -0.2) is 36.5 Å². The van der Waals surface area contributed by atoms with E-state index in [1.54, 1.807) is 0 Å². The molecule has 2 heterocycles. The molecule has 0 unspecified atom stereocenters. The number of carbonyl (C=O) groups excluding carboxylic acids is 1. The molecule has 3 nitrogen and oxygen atoms in total. The van der Waals surface area contributed by atoms with Crippen molar-refractivity contribution in [1.29, 1.82) is 0 Å². The molecule has 0 aliphatic carbocycles. The van der Waals surface area contributed by atoms with E-state index in [-0.39, 0.29) is 0 Å². The summed E-state index contributed by atoms with van der Waals surface area (Å²) in [5.41, 5.74) is 0. The molecule has 0 saturated carbocycles. The molecular weight excluding hydrogens is 176 g/mol. The van der Waals surface area contributed by atoms with Gasteiger partial charge in [-0.3, -0.25) is 4.79 Å². The van der Waals surface area contributed by atoms with Crippen LogP contribution in [0.2, 0.25) is 0 Å². The molecule has 80 valence electrons. The van der Waals surface area contributed by atoms with Crippen molar-refractivity contribution in [2.45, 2.75) is 44.6 Å². The Kier molecular flexibility index (Phi) is 3.40. The van der Waals surface area contributed by atoms with Crippen LogP contribution >= 0.6 is 0 Å². The lowest BCUT2D eigenvalue weighted by molar-refractivity contribution is -0.697. The molecule has 2 N–H and O–H groups in total. The lowest BCUT2D eigenvalue weighted by atomic mass is 10.0. The minimum atomic E-state index is 0.376. The summed E-state index contributed by atoms with van der Waals surface area (Å²) in [7, 11) is 0. The van der Waals surface area contributed by atoms with Gasteiger partial charge in [-0.05, 0) is 25.7 Å². The minimum absolute atomic E-state index is 0.376. The van der Waals surface area contributed by atoms with E-state index >= 15 is 0 Å². The topological polar surface area (TPSA) is 36.9 Å². The maximum atomic E-state index is 11.4. The Balaban J connectivity index is 1.68. The summed E-state index contributed by atoms with van der Waals surface area (Å²) in [6, 6.07) is 0.789. The molecule has 0 spiro atoms. The molecule has 2 fully saturated rings. The van der Waals surface area contributed by atoms with Crippen LogP contribution in [0.5, 0.6) is 0 Å². The Bertz CT molecular complexity index is 199. The minimum Gasteiger partial charge on any atom is -0.344 e. The maximum Gasteiger partial charge on any atom is 0.222 e. The van der Waals surface area contributed by atoms with Gasteiger partial charge in [0.1, 0.15) is 0 Å². The van der Waals surface area contributed by atoms with Crippen molar-refractivity contribution in [3.8, 4) is 0 Å². The van der Waals surface area contributed by atoms with Crippen molar-refractivity contribution in [2.75, 3.05) is 19.6 Å². The Hall–Kier alpha value is -0.570. The van der Waals surface area contributed by atoms with E-state index in [9.17, 15) is 4.79 Å². The molecule has 2 saturated heterocycles. The molecule has 2 rings (SSSR count). The Morgan fingerprint density at radius 1 is 1.36 bits per heavy atom. The van der Waals surface area contributed by atoms with Gasteiger partial charge in [-0.15, -0.1) is 0 Å². The van der Waals surface area contributed by atoms with E-state index in [2.05, 4.69) is 5.32 Å². The van der Waals surface area contributed by atoms with Crippen LogP contribution < -0.4 is 5.32 Å². The van der Waals surface area contributed by atoms with Crippen LogP contribution in [0.15, 0.2) is 0 Å². The van der Waals surface area contributed by atoms with Crippen LogP contribution in [0.4, 0.5) is 0 Å². The lowest BCUT2D eigenvalue weighted by Gasteiger charge is -2.23. The Morgan fingerprint density at radius 2 is 2.29 bits per heavy atom. The third-order valence-electron chi connectivity index (χ3n) is 3.47. The molecule has 1 atom stereocenters. The number of rotatable bonds is 3. The van der Waals surface area contributed by atoms with Crippen molar-refractivity contribution < 1.29 is 10.1 Å². The van der Waals surface area contributed by atoms with Gasteiger partial charge >= 0.3 is 0 Å². The first-order valence-electron chi connectivity index (χ1n) is 5.97. The zero-order valence-corrected chi connectivity index (χ0v) is 8.87. The monoisotopic (exact) mass is 197 g/mol. The van der Waals surface area contributed by atoms with Gasteiger partial charge in [0.05, 0.1) is 12.6 Å². The fourth-order valence-electron chi connectivity index (χ4n) is 2.55. The predicted octanol–water partition coefficient (Wildman–Crippen LogP) is 0.115. The first kappa shape index (κ1) is 9.97. The second-order valence-electron chi connectivity index (χ2n) is 4.55. The maximum absolute atomic E-state index is 11.4. The van der Waals surface area contributed by atoms with Gasteiger partial charge in [-0.2, -0.15) is 0 Å². The predicted molar refractivity (Wildman–Crippen MR) is 54.9 cm³/mol. The molecular formula is C11H21N2O+. The average Bonchev–Trinajstić information content (AvgIpc) is 2.63. The van der Waals surface area contributed by atoms with Gasteiger partial charge in [0.25, 0.3) is 0 Å². The van der Waals surface area contributed by atoms with E-state index in [4.69, 9.17) is 0 Å². The number of hydrogen-bond donors (Lipinski definition) is 1. The van der Waals surface area contributed by atoms with E-state index in [0.717, 1.165) is 32.0 Å². The number of piperidine rings is 1. The molecule has 0 aromatic heterocycles. The highest BCUT2D eigenvalue weighted by Gasteiger charge is 2.22. The van der Waals surface area contributed by atoms with Gasteiger partial charge in [-0.25, -0.2) is 0 Å². The highest BCUT2D eigenvalue weighted by atomic mass is 16.2. The fraction of sp³-hybridized carbons (Fsp3) is 0.909. The van der Waals surface area contributed by atoms with E-state index in [0.29, 0.717) is 5.91 Å². The number of hydrogen-bond acceptors (Lipinski definition) is 1. The molecule has 0 aromatic rings. The summed E-state index contributed by atoms with van der Waals surface area (Å²) in [5.74, 6) is 0.376. The summed E-state index contributed by atoms with van der Waals surface area (Å²) < 4.78 is 0. The summed E-state index contributed by atoms with van der Waals surface area (Å²) in [5, 5.41) is 2.46. The number of nitrogens with zero attached hydrogens (tertiary/aromatic N) is 1. The van der Waals surface area contributed by atoms with E-state index in [1.807, 2.05) is 4.90 Å². The fourth-order valence-corrected chi connectivity index (χ4v) is 2.55. The Morgan fingerprint density at radius 3 is 2.93 bits per heavy atom. The number of likely N-dealkylation sites (tertiary alicyclic amines) is 1. The second kappa shape index (κ2) is 4.78. The van der Waals surface area contributed by atoms with Crippen molar-refractivity contribution >= 4 is 5.91 Å². The summed E-state index contributed by atoms with van der Waals surface area (Å²) >= 11 is 0. The molecule has 2 aliphatic rings. The summed E-state index contributed by atoms with van der Waals surface area (Å²) in [6.45, 7) is 3.30. The summed E-state index contributed by atoms with van der Waals surface area (Å²) in [4.78, 5) is 13.4. The number of quaternary nitrogens is 1. The molecule has 0 aromatic carbocycles. The third kappa shape index (κ3) is 2.47. The molecule has 2 aliphatic heterocycles. The third-order valence-corrected chi connectivity index (χ3v) is 3.47. The normalized spacial score (nSPS) is 28.4. The highest BCUT2D eigenvalue weighted by Crippen LogP contribution is 2.12. The number of carbonyl (C=O) groups is 1. The average molecular weight is 197 g/mol. The van der Waals surface area contributed by atoms with Crippen molar-refractivity contribution in [2.24, 2.45) is 0 Å². The largest absolute Gasteiger partial charge is 0.344 e. The van der Waals surface area contributed by atoms with Crippen LogP contribution in [0.1, 0.15) is 38.5 Å². The molecule has 3 heteroatoms. The van der Waals surface area contributed by atoms with Crippen LogP contribution in [0.3, 0.4) is 0 Å². The SMILES string of the molecule is O=C1CCCN1CC[C@H]1CCCC[NH2+]1. The quantitative estimate of drug-likeness (QED) is 0.685. The van der Waals surface area contributed by atoms with Crippen molar-refractivity contribution in [3.63, 3.8) is 0 Å². The van der Waals surface area contributed by atoms with E-state index in [1.165, 1.54) is 32.2 Å². The molecule has 0 bridgehead atoms. The number of amides is 1. The lowest BCUT2D eigenvalue weighted by Crippen LogP contribution is -2.91. The first-order chi connectivity index (χ1) is 6.86. The highest BCUT2D eigenvalue weighted by molar-refractivity contribution is 5.77. The number of nitrogens with two attached hydrogens (primary N) is 1. The molecule has 1 amide bonds.